The minimum Gasteiger partial charge on any atom is -0.447 e. The second kappa shape index (κ2) is 7.40. The molecule has 0 aliphatic carbocycles. The highest BCUT2D eigenvalue weighted by molar-refractivity contribution is 5.97. The molecule has 1 atom stereocenters. The number of anilines is 2. The topological polar surface area (TPSA) is 111 Å². The summed E-state index contributed by atoms with van der Waals surface area (Å²) in [5.41, 5.74) is 1.66. The summed E-state index contributed by atoms with van der Waals surface area (Å²) >= 11 is 0. The van der Waals surface area contributed by atoms with E-state index in [4.69, 9.17) is 9.26 Å². The molecule has 0 saturated heterocycles. The monoisotopic (exact) mass is 331 g/mol. The zero-order chi connectivity index (χ0) is 17.7. The van der Waals surface area contributed by atoms with Gasteiger partial charge in [0.1, 0.15) is 0 Å². The molecule has 0 spiro atoms. The van der Waals surface area contributed by atoms with Gasteiger partial charge in [-0.2, -0.15) is 0 Å². The van der Waals surface area contributed by atoms with Crippen molar-refractivity contribution in [3.05, 3.63) is 41.8 Å². The van der Waals surface area contributed by atoms with Crippen LogP contribution in [0.15, 0.2) is 34.9 Å². The Hall–Kier alpha value is -3.16. The number of ether oxygens (including phenoxy) is 1. The minimum atomic E-state index is -1.02. The number of carbonyl (C=O) groups is 3. The van der Waals surface area contributed by atoms with Gasteiger partial charge in [-0.25, -0.2) is 4.79 Å². The van der Waals surface area contributed by atoms with Crippen LogP contribution in [-0.4, -0.2) is 29.0 Å². The normalized spacial score (nSPS) is 11.5. The van der Waals surface area contributed by atoms with Gasteiger partial charge in [-0.3, -0.25) is 9.59 Å². The van der Waals surface area contributed by atoms with Gasteiger partial charge >= 0.3 is 5.97 Å². The first-order valence-corrected chi connectivity index (χ1v) is 7.18. The number of rotatable bonds is 5. The van der Waals surface area contributed by atoms with Crippen LogP contribution in [0.4, 0.5) is 11.4 Å². The number of hydrogen-bond acceptors (Lipinski definition) is 6. The molecule has 1 heterocycles. The Bertz CT molecular complexity index is 751. The second-order valence-corrected chi connectivity index (χ2v) is 5.13. The van der Waals surface area contributed by atoms with Crippen LogP contribution in [0.3, 0.4) is 0 Å². The van der Waals surface area contributed by atoms with Gasteiger partial charge in [0.05, 0.1) is 5.69 Å². The molecule has 0 bridgehead atoms. The predicted octanol–water partition coefficient (Wildman–Crippen LogP) is 2.13. The SMILES string of the molecule is CC(=O)Nc1ccc(NC(=O)[C@@H](C)OC(=O)c2cc(C)no2)cc1. The largest absolute Gasteiger partial charge is 0.447 e. The van der Waals surface area contributed by atoms with E-state index in [0.717, 1.165) is 0 Å². The van der Waals surface area contributed by atoms with Gasteiger partial charge in [0, 0.05) is 24.4 Å². The summed E-state index contributed by atoms with van der Waals surface area (Å²) in [4.78, 5) is 34.8. The van der Waals surface area contributed by atoms with Crippen LogP contribution in [0, 0.1) is 6.92 Å². The standard InChI is InChI=1S/C16H17N3O5/c1-9-8-14(24-19-9)16(22)23-10(2)15(21)18-13-6-4-12(5-7-13)17-11(3)20/h4-8,10H,1-3H3,(H,17,20)(H,18,21)/t10-/m1/s1. The number of aromatic nitrogens is 1. The summed E-state index contributed by atoms with van der Waals surface area (Å²) in [5.74, 6) is -1.51. The minimum absolute atomic E-state index is 0.0631. The summed E-state index contributed by atoms with van der Waals surface area (Å²) in [6.45, 7) is 4.52. The van der Waals surface area contributed by atoms with E-state index in [1.165, 1.54) is 19.9 Å². The molecule has 1 aromatic carbocycles. The number of nitrogens with one attached hydrogen (secondary N) is 2. The number of hydrogen-bond donors (Lipinski definition) is 2. The highest BCUT2D eigenvalue weighted by atomic mass is 16.6. The molecule has 2 N–H and O–H groups in total. The van der Waals surface area contributed by atoms with Gasteiger partial charge < -0.3 is 19.9 Å². The number of esters is 1. The molecule has 1 aromatic heterocycles. The number of amides is 2. The van der Waals surface area contributed by atoms with Crippen LogP contribution in [-0.2, 0) is 14.3 Å². The van der Waals surface area contributed by atoms with Crippen molar-refractivity contribution < 1.29 is 23.6 Å². The Morgan fingerprint density at radius 2 is 1.71 bits per heavy atom. The first-order chi connectivity index (χ1) is 11.3. The Labute approximate surface area is 138 Å². The lowest BCUT2D eigenvalue weighted by molar-refractivity contribution is -0.123. The number of aryl methyl sites for hydroxylation is 1. The lowest BCUT2D eigenvalue weighted by Crippen LogP contribution is -2.29. The van der Waals surface area contributed by atoms with Crippen LogP contribution in [0.25, 0.3) is 0 Å². The molecule has 0 aliphatic rings. The lowest BCUT2D eigenvalue weighted by Gasteiger charge is -2.12. The molecule has 126 valence electrons. The molecule has 0 saturated carbocycles. The van der Waals surface area contributed by atoms with Crippen molar-refractivity contribution in [3.8, 4) is 0 Å². The van der Waals surface area contributed by atoms with E-state index in [1.54, 1.807) is 31.2 Å². The maximum absolute atomic E-state index is 12.0. The molecule has 0 radical (unpaired) electrons. The molecule has 8 heteroatoms. The van der Waals surface area contributed by atoms with Gasteiger partial charge in [-0.1, -0.05) is 5.16 Å². The molecule has 0 fully saturated rings. The Morgan fingerprint density at radius 3 is 2.21 bits per heavy atom. The van der Waals surface area contributed by atoms with Crippen molar-refractivity contribution in [3.63, 3.8) is 0 Å². The van der Waals surface area contributed by atoms with E-state index in [-0.39, 0.29) is 11.7 Å². The predicted molar refractivity (Wildman–Crippen MR) is 85.5 cm³/mol. The fraction of sp³-hybridized carbons (Fsp3) is 0.250. The highest BCUT2D eigenvalue weighted by Crippen LogP contribution is 2.14. The highest BCUT2D eigenvalue weighted by Gasteiger charge is 2.21. The fourth-order valence-electron chi connectivity index (χ4n) is 1.82. The summed E-state index contributed by atoms with van der Waals surface area (Å²) in [5, 5.41) is 8.81. The Morgan fingerprint density at radius 1 is 1.12 bits per heavy atom. The van der Waals surface area contributed by atoms with Crippen LogP contribution < -0.4 is 10.6 Å². The third-order valence-electron chi connectivity index (χ3n) is 2.95. The summed E-state index contributed by atoms with van der Waals surface area (Å²) in [6.07, 6.45) is -1.02. The molecule has 2 amide bonds. The molecule has 24 heavy (non-hydrogen) atoms. The molecular formula is C16H17N3O5. The van der Waals surface area contributed by atoms with Crippen molar-refractivity contribution >= 4 is 29.2 Å². The third kappa shape index (κ3) is 4.67. The summed E-state index contributed by atoms with van der Waals surface area (Å²) in [6, 6.07) is 7.96. The lowest BCUT2D eigenvalue weighted by atomic mass is 10.2. The first kappa shape index (κ1) is 17.2. The van der Waals surface area contributed by atoms with Gasteiger partial charge in [-0.05, 0) is 38.1 Å². The molecular weight excluding hydrogens is 314 g/mol. The van der Waals surface area contributed by atoms with E-state index in [1.807, 2.05) is 0 Å². The van der Waals surface area contributed by atoms with E-state index < -0.39 is 18.0 Å². The molecule has 0 unspecified atom stereocenters. The third-order valence-corrected chi connectivity index (χ3v) is 2.95. The summed E-state index contributed by atoms with van der Waals surface area (Å²) in [7, 11) is 0. The fourth-order valence-corrected chi connectivity index (χ4v) is 1.82. The van der Waals surface area contributed by atoms with Crippen molar-refractivity contribution in [2.24, 2.45) is 0 Å². The van der Waals surface area contributed by atoms with E-state index >= 15 is 0 Å². The number of carbonyl (C=O) groups excluding carboxylic acids is 3. The van der Waals surface area contributed by atoms with Gasteiger partial charge in [0.2, 0.25) is 11.7 Å². The Balaban J connectivity index is 1.91. The maximum Gasteiger partial charge on any atom is 0.377 e. The number of nitrogens with zero attached hydrogens (tertiary/aromatic N) is 1. The smallest absolute Gasteiger partial charge is 0.377 e. The van der Waals surface area contributed by atoms with Crippen LogP contribution >= 0.6 is 0 Å². The zero-order valence-corrected chi connectivity index (χ0v) is 13.5. The Kier molecular flexibility index (Phi) is 5.31. The van der Waals surface area contributed by atoms with Crippen molar-refractivity contribution in [2.45, 2.75) is 26.9 Å². The van der Waals surface area contributed by atoms with Crippen molar-refractivity contribution in [1.82, 2.24) is 5.16 Å². The molecule has 8 nitrogen and oxygen atoms in total. The van der Waals surface area contributed by atoms with E-state index in [2.05, 4.69) is 15.8 Å². The second-order valence-electron chi connectivity index (χ2n) is 5.13. The molecule has 0 aliphatic heterocycles. The quantitative estimate of drug-likeness (QED) is 0.812. The van der Waals surface area contributed by atoms with E-state index in [9.17, 15) is 14.4 Å². The maximum atomic E-state index is 12.0. The van der Waals surface area contributed by atoms with Crippen LogP contribution in [0.1, 0.15) is 30.1 Å². The zero-order valence-electron chi connectivity index (χ0n) is 13.5. The van der Waals surface area contributed by atoms with E-state index in [0.29, 0.717) is 17.1 Å². The van der Waals surface area contributed by atoms with Crippen LogP contribution in [0.2, 0.25) is 0 Å². The van der Waals surface area contributed by atoms with Crippen LogP contribution in [0.5, 0.6) is 0 Å². The number of benzene rings is 1. The average molecular weight is 331 g/mol. The first-order valence-electron chi connectivity index (χ1n) is 7.18. The summed E-state index contributed by atoms with van der Waals surface area (Å²) < 4.78 is 9.80. The molecule has 2 rings (SSSR count). The van der Waals surface area contributed by atoms with Crippen molar-refractivity contribution in [2.75, 3.05) is 10.6 Å². The molecule has 2 aromatic rings. The van der Waals surface area contributed by atoms with Gasteiger partial charge in [-0.15, -0.1) is 0 Å². The van der Waals surface area contributed by atoms with Gasteiger partial charge in [0.15, 0.2) is 6.10 Å². The average Bonchev–Trinajstić information content (AvgIpc) is 2.95. The van der Waals surface area contributed by atoms with Crippen molar-refractivity contribution in [1.29, 1.82) is 0 Å². The van der Waals surface area contributed by atoms with Gasteiger partial charge in [0.25, 0.3) is 5.91 Å².